The first kappa shape index (κ1) is 15.5. The lowest BCUT2D eigenvalue weighted by Gasteiger charge is -2.05. The van der Waals surface area contributed by atoms with E-state index in [1.807, 2.05) is 30.5 Å². The summed E-state index contributed by atoms with van der Waals surface area (Å²) in [7, 11) is 0. The number of H-pyrrole nitrogens is 1. The molecule has 1 aliphatic rings. The summed E-state index contributed by atoms with van der Waals surface area (Å²) in [4.78, 5) is 12.5. The van der Waals surface area contributed by atoms with Crippen LogP contribution in [-0.2, 0) is 5.75 Å². The normalized spacial score (nSPS) is 14.2. The monoisotopic (exact) mass is 339 g/mol. The van der Waals surface area contributed by atoms with Crippen molar-refractivity contribution >= 4 is 22.8 Å². The number of aryl methyl sites for hydroxylation is 1. The number of thioether (sulfide) groups is 1. The fourth-order valence-electron chi connectivity index (χ4n) is 2.59. The molecule has 1 aliphatic carbocycles. The van der Waals surface area contributed by atoms with Crippen molar-refractivity contribution in [2.24, 2.45) is 5.92 Å². The van der Waals surface area contributed by atoms with Crippen molar-refractivity contribution in [1.82, 2.24) is 15.0 Å². The maximum atomic E-state index is 5.84. The Bertz CT molecular complexity index is 870. The average Bonchev–Trinajstić information content (AvgIpc) is 3.32. The topological polar surface area (TPSA) is 50.8 Å². The van der Waals surface area contributed by atoms with Crippen LogP contribution in [0, 0.1) is 19.8 Å². The maximum absolute atomic E-state index is 5.84. The average molecular weight is 339 g/mol. The van der Waals surface area contributed by atoms with Crippen LogP contribution in [0.1, 0.15) is 29.7 Å². The second kappa shape index (κ2) is 6.48. The molecule has 5 heteroatoms. The van der Waals surface area contributed by atoms with Gasteiger partial charge in [0.25, 0.3) is 0 Å². The molecule has 0 aliphatic heterocycles. The van der Waals surface area contributed by atoms with Crippen LogP contribution in [0.5, 0.6) is 5.75 Å². The molecule has 0 bridgehead atoms. The van der Waals surface area contributed by atoms with Crippen LogP contribution in [0.25, 0.3) is 11.0 Å². The summed E-state index contributed by atoms with van der Waals surface area (Å²) in [6.07, 6.45) is 4.49. The molecular weight excluding hydrogens is 318 g/mol. The van der Waals surface area contributed by atoms with Crippen LogP contribution in [0.15, 0.2) is 35.6 Å². The molecule has 4 nitrogen and oxygen atoms in total. The first-order valence-corrected chi connectivity index (χ1v) is 9.34. The van der Waals surface area contributed by atoms with Crippen LogP contribution in [0.2, 0.25) is 0 Å². The van der Waals surface area contributed by atoms with Gasteiger partial charge in [0.1, 0.15) is 5.75 Å². The zero-order valence-corrected chi connectivity index (χ0v) is 14.8. The number of rotatable bonds is 6. The van der Waals surface area contributed by atoms with E-state index >= 15 is 0 Å². The van der Waals surface area contributed by atoms with E-state index in [1.165, 1.54) is 24.0 Å². The molecule has 124 valence electrons. The number of benzene rings is 1. The highest BCUT2D eigenvalue weighted by molar-refractivity contribution is 7.98. The number of fused-ring (bicyclic) bond motifs is 1. The van der Waals surface area contributed by atoms with E-state index in [0.29, 0.717) is 0 Å². The van der Waals surface area contributed by atoms with Gasteiger partial charge in [0.05, 0.1) is 23.3 Å². The fraction of sp³-hybridized carbons (Fsp3) is 0.368. The third kappa shape index (κ3) is 3.41. The van der Waals surface area contributed by atoms with E-state index in [9.17, 15) is 0 Å². The van der Waals surface area contributed by atoms with E-state index in [-0.39, 0.29) is 0 Å². The van der Waals surface area contributed by atoms with Gasteiger partial charge in [-0.1, -0.05) is 11.8 Å². The lowest BCUT2D eigenvalue weighted by Crippen LogP contribution is -1.98. The summed E-state index contributed by atoms with van der Waals surface area (Å²) in [5.74, 6) is 2.50. The van der Waals surface area contributed by atoms with E-state index in [2.05, 4.69) is 28.8 Å². The van der Waals surface area contributed by atoms with Gasteiger partial charge in [-0.15, -0.1) is 0 Å². The summed E-state index contributed by atoms with van der Waals surface area (Å²) < 4.78 is 5.84. The highest BCUT2D eigenvalue weighted by atomic mass is 32.2. The highest BCUT2D eigenvalue weighted by Crippen LogP contribution is 2.30. The Kier molecular flexibility index (Phi) is 4.19. The standard InChI is InChI=1S/C19H21N3OS/c1-12-7-8-20-18(13(12)2)11-24-19-21-16-6-5-15(9-17(16)22-19)23-10-14-3-4-14/h5-9,14H,3-4,10-11H2,1-2H3,(H,21,22). The van der Waals surface area contributed by atoms with Gasteiger partial charge in [-0.2, -0.15) is 0 Å². The Hall–Kier alpha value is -2.01. The minimum absolute atomic E-state index is 0.763. The molecule has 0 unspecified atom stereocenters. The number of nitrogens with zero attached hydrogens (tertiary/aromatic N) is 2. The van der Waals surface area contributed by atoms with Crippen LogP contribution in [0.4, 0.5) is 0 Å². The number of nitrogens with one attached hydrogen (secondary N) is 1. The summed E-state index contributed by atoms with van der Waals surface area (Å²) in [5.41, 5.74) is 5.67. The molecule has 2 heterocycles. The predicted molar refractivity (Wildman–Crippen MR) is 97.6 cm³/mol. The number of hydrogen-bond donors (Lipinski definition) is 1. The molecule has 1 fully saturated rings. The number of aromatic amines is 1. The van der Waals surface area contributed by atoms with Gasteiger partial charge in [0.15, 0.2) is 5.16 Å². The molecule has 0 atom stereocenters. The number of pyridine rings is 1. The number of ether oxygens (including phenoxy) is 1. The maximum Gasteiger partial charge on any atom is 0.166 e. The van der Waals surface area contributed by atoms with Crippen LogP contribution in [-0.4, -0.2) is 21.6 Å². The third-order valence-electron chi connectivity index (χ3n) is 4.54. The summed E-state index contributed by atoms with van der Waals surface area (Å²) in [6.45, 7) is 5.08. The lowest BCUT2D eigenvalue weighted by atomic mass is 10.1. The van der Waals surface area contributed by atoms with Crippen molar-refractivity contribution in [2.45, 2.75) is 37.6 Å². The van der Waals surface area contributed by atoms with Crippen molar-refractivity contribution < 1.29 is 4.74 Å². The van der Waals surface area contributed by atoms with Crippen molar-refractivity contribution in [1.29, 1.82) is 0 Å². The minimum atomic E-state index is 0.763. The smallest absolute Gasteiger partial charge is 0.166 e. The van der Waals surface area contributed by atoms with Gasteiger partial charge in [-0.3, -0.25) is 4.98 Å². The van der Waals surface area contributed by atoms with Crippen molar-refractivity contribution in [3.63, 3.8) is 0 Å². The first-order chi connectivity index (χ1) is 11.7. The predicted octanol–water partition coefficient (Wildman–Crippen LogP) is 4.66. The molecule has 0 saturated heterocycles. The zero-order valence-electron chi connectivity index (χ0n) is 14.0. The van der Waals surface area contributed by atoms with Gasteiger partial charge in [-0.05, 0) is 61.9 Å². The second-order valence-electron chi connectivity index (χ2n) is 6.46. The van der Waals surface area contributed by atoms with E-state index in [4.69, 9.17) is 4.74 Å². The van der Waals surface area contributed by atoms with E-state index < -0.39 is 0 Å². The van der Waals surface area contributed by atoms with Crippen LogP contribution >= 0.6 is 11.8 Å². The Balaban J connectivity index is 1.46. The fourth-order valence-corrected chi connectivity index (χ4v) is 3.50. The summed E-state index contributed by atoms with van der Waals surface area (Å²) in [6, 6.07) is 8.12. The Labute approximate surface area is 146 Å². The van der Waals surface area contributed by atoms with E-state index in [1.54, 1.807) is 11.8 Å². The first-order valence-electron chi connectivity index (χ1n) is 8.35. The Morgan fingerprint density at radius 2 is 2.12 bits per heavy atom. The summed E-state index contributed by atoms with van der Waals surface area (Å²) >= 11 is 1.69. The van der Waals surface area contributed by atoms with Crippen LogP contribution < -0.4 is 4.74 Å². The van der Waals surface area contributed by atoms with Crippen LogP contribution in [0.3, 0.4) is 0 Å². The van der Waals surface area contributed by atoms with Crippen molar-refractivity contribution in [2.75, 3.05) is 6.61 Å². The van der Waals surface area contributed by atoms with Gasteiger partial charge in [0, 0.05) is 18.0 Å². The lowest BCUT2D eigenvalue weighted by molar-refractivity contribution is 0.300. The largest absolute Gasteiger partial charge is 0.493 e. The number of imidazole rings is 1. The zero-order chi connectivity index (χ0) is 16.5. The van der Waals surface area contributed by atoms with E-state index in [0.717, 1.165) is 45.9 Å². The quantitative estimate of drug-likeness (QED) is 0.664. The molecule has 2 aromatic heterocycles. The molecule has 0 radical (unpaired) electrons. The molecule has 0 spiro atoms. The SMILES string of the molecule is Cc1ccnc(CSc2nc3ccc(OCC4CC4)cc3[nH]2)c1C. The molecule has 3 aromatic rings. The molecule has 1 N–H and O–H groups in total. The second-order valence-corrected chi connectivity index (χ2v) is 7.43. The molecule has 4 rings (SSSR count). The van der Waals surface area contributed by atoms with Gasteiger partial charge in [-0.25, -0.2) is 4.98 Å². The molecule has 24 heavy (non-hydrogen) atoms. The Morgan fingerprint density at radius 3 is 2.96 bits per heavy atom. The van der Waals surface area contributed by atoms with Crippen molar-refractivity contribution in [3.8, 4) is 5.75 Å². The minimum Gasteiger partial charge on any atom is -0.493 e. The highest BCUT2D eigenvalue weighted by Gasteiger charge is 2.21. The van der Waals surface area contributed by atoms with Crippen molar-refractivity contribution in [3.05, 3.63) is 47.3 Å². The molecule has 1 aromatic carbocycles. The Morgan fingerprint density at radius 1 is 1.25 bits per heavy atom. The van der Waals surface area contributed by atoms with Gasteiger partial charge in [0.2, 0.25) is 0 Å². The number of aromatic nitrogens is 3. The molecule has 0 amide bonds. The number of hydrogen-bond acceptors (Lipinski definition) is 4. The molecule has 1 saturated carbocycles. The third-order valence-corrected chi connectivity index (χ3v) is 5.42. The summed E-state index contributed by atoms with van der Waals surface area (Å²) in [5, 5.41) is 0.923. The molecular formula is C19H21N3OS. The van der Waals surface area contributed by atoms with Gasteiger partial charge < -0.3 is 9.72 Å². The van der Waals surface area contributed by atoms with Gasteiger partial charge >= 0.3 is 0 Å².